The van der Waals surface area contributed by atoms with Gasteiger partial charge in [0.1, 0.15) is 5.75 Å². The highest BCUT2D eigenvalue weighted by Crippen LogP contribution is 2.29. The number of carbonyl (C=O) groups excluding carboxylic acids is 1. The average molecular weight is 392 g/mol. The van der Waals surface area contributed by atoms with Gasteiger partial charge in [0.15, 0.2) is 0 Å². The molecule has 0 aromatic heterocycles. The van der Waals surface area contributed by atoms with Crippen LogP contribution in [-0.2, 0) is 14.8 Å². The third kappa shape index (κ3) is 6.72. The molecular formula is C16H26ClN3O4S. The second-order valence-corrected chi connectivity index (χ2v) is 7.88. The fourth-order valence-corrected chi connectivity index (χ4v) is 3.26. The van der Waals surface area contributed by atoms with E-state index in [1.807, 2.05) is 0 Å². The minimum Gasteiger partial charge on any atom is -0.494 e. The highest BCUT2D eigenvalue weighted by molar-refractivity contribution is 7.92. The molecule has 0 aliphatic carbocycles. The predicted molar refractivity (Wildman–Crippen MR) is 102 cm³/mol. The third-order valence-corrected chi connectivity index (χ3v) is 5.36. The second kappa shape index (κ2) is 9.84. The maximum Gasteiger partial charge on any atom is 0.232 e. The van der Waals surface area contributed by atoms with Gasteiger partial charge in [-0.3, -0.25) is 9.52 Å². The predicted octanol–water partition coefficient (Wildman–Crippen LogP) is 2.21. The van der Waals surface area contributed by atoms with Gasteiger partial charge in [-0.15, -0.1) is 12.4 Å². The van der Waals surface area contributed by atoms with Crippen molar-refractivity contribution in [2.75, 3.05) is 36.0 Å². The van der Waals surface area contributed by atoms with Crippen LogP contribution in [0.5, 0.6) is 5.75 Å². The van der Waals surface area contributed by atoms with Gasteiger partial charge in [-0.25, -0.2) is 8.42 Å². The van der Waals surface area contributed by atoms with Crippen LogP contribution in [0, 0.1) is 5.92 Å². The summed E-state index contributed by atoms with van der Waals surface area (Å²) in [4.78, 5) is 12.0. The molecule has 1 aliphatic heterocycles. The first-order valence-electron chi connectivity index (χ1n) is 8.12. The Morgan fingerprint density at radius 1 is 1.40 bits per heavy atom. The Morgan fingerprint density at radius 2 is 2.16 bits per heavy atom. The van der Waals surface area contributed by atoms with Crippen molar-refractivity contribution in [2.45, 2.75) is 26.2 Å². The molecule has 1 amide bonds. The van der Waals surface area contributed by atoms with Crippen LogP contribution in [0.3, 0.4) is 0 Å². The van der Waals surface area contributed by atoms with Gasteiger partial charge in [-0.2, -0.15) is 0 Å². The summed E-state index contributed by atoms with van der Waals surface area (Å²) in [6, 6.07) is 4.86. The highest BCUT2D eigenvalue weighted by Gasteiger charge is 2.16. The van der Waals surface area contributed by atoms with Crippen LogP contribution in [0.15, 0.2) is 18.2 Å². The zero-order valence-corrected chi connectivity index (χ0v) is 16.1. The van der Waals surface area contributed by atoms with Gasteiger partial charge in [0.05, 0.1) is 18.6 Å². The Labute approximate surface area is 155 Å². The van der Waals surface area contributed by atoms with E-state index in [-0.39, 0.29) is 24.1 Å². The molecule has 0 saturated carbocycles. The van der Waals surface area contributed by atoms with Crippen molar-refractivity contribution in [3.63, 3.8) is 0 Å². The summed E-state index contributed by atoms with van der Waals surface area (Å²) in [7, 11) is -1.93. The molecule has 0 bridgehead atoms. The molecule has 1 heterocycles. The van der Waals surface area contributed by atoms with Gasteiger partial charge in [-0.1, -0.05) is 0 Å². The lowest BCUT2D eigenvalue weighted by Gasteiger charge is -2.13. The van der Waals surface area contributed by atoms with Crippen LogP contribution in [0.2, 0.25) is 0 Å². The number of sulfonamides is 1. The number of rotatable bonds is 8. The number of halogens is 1. The summed E-state index contributed by atoms with van der Waals surface area (Å²) in [5.41, 5.74) is 0.940. The number of nitrogens with one attached hydrogen (secondary N) is 3. The van der Waals surface area contributed by atoms with E-state index < -0.39 is 10.0 Å². The van der Waals surface area contributed by atoms with Crippen LogP contribution in [0.1, 0.15) is 26.2 Å². The number of benzene rings is 1. The van der Waals surface area contributed by atoms with Crippen molar-refractivity contribution >= 4 is 39.7 Å². The molecule has 3 N–H and O–H groups in total. The van der Waals surface area contributed by atoms with Crippen LogP contribution in [-0.4, -0.2) is 40.3 Å². The zero-order valence-electron chi connectivity index (χ0n) is 14.5. The van der Waals surface area contributed by atoms with Crippen molar-refractivity contribution < 1.29 is 17.9 Å². The van der Waals surface area contributed by atoms with Crippen LogP contribution in [0.4, 0.5) is 11.4 Å². The second-order valence-electron chi connectivity index (χ2n) is 5.87. The van der Waals surface area contributed by atoms with Gasteiger partial charge in [0.25, 0.3) is 0 Å². The molecule has 1 saturated heterocycles. The molecule has 2 rings (SSSR count). The van der Waals surface area contributed by atoms with E-state index in [0.29, 0.717) is 29.5 Å². The first-order chi connectivity index (χ1) is 11.4. The fraction of sp³-hybridized carbons (Fsp3) is 0.562. The van der Waals surface area contributed by atoms with Crippen molar-refractivity contribution in [1.29, 1.82) is 0 Å². The molecule has 25 heavy (non-hydrogen) atoms. The normalized spacial score (nSPS) is 16.8. The molecule has 1 atom stereocenters. The monoisotopic (exact) mass is 391 g/mol. The zero-order chi connectivity index (χ0) is 17.6. The lowest BCUT2D eigenvalue weighted by atomic mass is 10.0. The molecule has 9 heteroatoms. The van der Waals surface area contributed by atoms with Crippen LogP contribution < -0.4 is 20.1 Å². The highest BCUT2D eigenvalue weighted by atomic mass is 35.5. The SMILES string of the molecule is CCS(=O)(=O)Nc1ccc(NC(=O)CCC2CCNC2)cc1OC.Cl. The number of amides is 1. The quantitative estimate of drug-likeness (QED) is 0.631. The molecule has 142 valence electrons. The molecule has 1 aromatic carbocycles. The van der Waals surface area contributed by atoms with Gasteiger partial charge < -0.3 is 15.4 Å². The maximum absolute atomic E-state index is 12.0. The lowest BCUT2D eigenvalue weighted by molar-refractivity contribution is -0.116. The van der Waals surface area contributed by atoms with Crippen molar-refractivity contribution in [1.82, 2.24) is 5.32 Å². The van der Waals surface area contributed by atoms with Crippen LogP contribution >= 0.6 is 12.4 Å². The van der Waals surface area contributed by atoms with E-state index >= 15 is 0 Å². The van der Waals surface area contributed by atoms with E-state index in [1.54, 1.807) is 25.1 Å². The minimum atomic E-state index is -3.38. The Morgan fingerprint density at radius 3 is 2.76 bits per heavy atom. The fourth-order valence-electron chi connectivity index (χ4n) is 2.61. The smallest absolute Gasteiger partial charge is 0.232 e. The van der Waals surface area contributed by atoms with Gasteiger partial charge in [0, 0.05) is 18.2 Å². The van der Waals surface area contributed by atoms with Crippen molar-refractivity contribution in [3.05, 3.63) is 18.2 Å². The summed E-state index contributed by atoms with van der Waals surface area (Å²) >= 11 is 0. The Hall–Kier alpha value is -1.51. The first-order valence-corrected chi connectivity index (χ1v) is 9.78. The number of hydrogen-bond acceptors (Lipinski definition) is 5. The molecule has 1 fully saturated rings. The third-order valence-electron chi connectivity index (χ3n) is 4.07. The number of anilines is 2. The topological polar surface area (TPSA) is 96.5 Å². The molecule has 0 radical (unpaired) electrons. The molecule has 1 aliphatic rings. The van der Waals surface area contributed by atoms with E-state index in [4.69, 9.17) is 4.74 Å². The maximum atomic E-state index is 12.0. The summed E-state index contributed by atoms with van der Waals surface area (Å²) in [5, 5.41) is 6.11. The van der Waals surface area contributed by atoms with E-state index in [0.717, 1.165) is 25.9 Å². The number of hydrogen-bond donors (Lipinski definition) is 3. The van der Waals surface area contributed by atoms with Crippen molar-refractivity contribution in [2.24, 2.45) is 5.92 Å². The Kier molecular flexibility index (Phi) is 8.47. The molecular weight excluding hydrogens is 366 g/mol. The lowest BCUT2D eigenvalue weighted by Crippen LogP contribution is -2.16. The molecule has 1 unspecified atom stereocenters. The Balaban J connectivity index is 0.00000312. The number of ether oxygens (including phenoxy) is 1. The van der Waals surface area contributed by atoms with Gasteiger partial charge in [-0.05, 0) is 50.9 Å². The first kappa shape index (κ1) is 21.5. The number of carbonyl (C=O) groups is 1. The van der Waals surface area contributed by atoms with Gasteiger partial charge >= 0.3 is 0 Å². The van der Waals surface area contributed by atoms with E-state index in [9.17, 15) is 13.2 Å². The molecule has 1 aromatic rings. The summed E-state index contributed by atoms with van der Waals surface area (Å²) < 4.78 is 31.0. The van der Waals surface area contributed by atoms with E-state index in [1.165, 1.54) is 7.11 Å². The summed E-state index contributed by atoms with van der Waals surface area (Å²) in [6.07, 6.45) is 2.45. The number of methoxy groups -OCH3 is 1. The minimum absolute atomic E-state index is 0. The molecule has 7 nitrogen and oxygen atoms in total. The van der Waals surface area contributed by atoms with Crippen molar-refractivity contribution in [3.8, 4) is 5.75 Å². The van der Waals surface area contributed by atoms with E-state index in [2.05, 4.69) is 15.4 Å². The standard InChI is InChI=1S/C16H25N3O4S.ClH/c1-3-24(21,22)19-14-6-5-13(10-15(14)23-2)18-16(20)7-4-12-8-9-17-11-12;/h5-6,10,12,17,19H,3-4,7-9,11H2,1-2H3,(H,18,20);1H. The Bertz CT molecular complexity index is 676. The average Bonchev–Trinajstić information content (AvgIpc) is 3.07. The molecule has 0 spiro atoms. The van der Waals surface area contributed by atoms with Crippen LogP contribution in [0.25, 0.3) is 0 Å². The summed E-state index contributed by atoms with van der Waals surface area (Å²) in [6.45, 7) is 3.56. The largest absolute Gasteiger partial charge is 0.494 e. The van der Waals surface area contributed by atoms with Gasteiger partial charge in [0.2, 0.25) is 15.9 Å². The summed E-state index contributed by atoms with van der Waals surface area (Å²) in [5.74, 6) is 0.858.